The lowest BCUT2D eigenvalue weighted by atomic mass is 10.3. The molecule has 1 aromatic carbocycles. The Balaban J connectivity index is 2.26. The topological polar surface area (TPSA) is 77.5 Å². The van der Waals surface area contributed by atoms with Crippen molar-refractivity contribution in [3.05, 3.63) is 34.3 Å². The minimum atomic E-state index is -3.71. The van der Waals surface area contributed by atoms with Crippen LogP contribution in [0.5, 0.6) is 11.5 Å². The van der Waals surface area contributed by atoms with Gasteiger partial charge in [-0.15, -0.1) is 11.3 Å². The third-order valence-corrected chi connectivity index (χ3v) is 5.13. The molecule has 2 aromatic rings. The highest BCUT2D eigenvalue weighted by Gasteiger charge is 2.20. The van der Waals surface area contributed by atoms with Crippen LogP contribution in [-0.2, 0) is 16.6 Å². The van der Waals surface area contributed by atoms with E-state index in [9.17, 15) is 8.42 Å². The maximum Gasteiger partial charge on any atom is 0.244 e. The van der Waals surface area contributed by atoms with Gasteiger partial charge in [0.15, 0.2) is 0 Å². The summed E-state index contributed by atoms with van der Waals surface area (Å²) >= 11 is 1.41. The van der Waals surface area contributed by atoms with Gasteiger partial charge >= 0.3 is 0 Å². The van der Waals surface area contributed by atoms with E-state index in [2.05, 4.69) is 9.71 Å². The molecule has 114 valence electrons. The first kappa shape index (κ1) is 15.7. The third kappa shape index (κ3) is 3.72. The quantitative estimate of drug-likeness (QED) is 0.877. The molecule has 0 aliphatic carbocycles. The number of nitrogens with zero attached hydrogens (tertiary/aromatic N) is 1. The standard InChI is InChI=1S/C13H16N2O4S2/c1-9-8-20-13(15-9)7-14-21(16,17)12-6-10(18-2)4-5-11(12)19-3/h4-6,8,14H,7H2,1-3H3. The maximum atomic E-state index is 12.4. The van der Waals surface area contributed by atoms with Crippen LogP contribution in [0.3, 0.4) is 0 Å². The van der Waals surface area contributed by atoms with E-state index in [0.717, 1.165) is 5.69 Å². The summed E-state index contributed by atoms with van der Waals surface area (Å²) in [6.07, 6.45) is 0. The van der Waals surface area contributed by atoms with Crippen molar-refractivity contribution in [2.75, 3.05) is 14.2 Å². The summed E-state index contributed by atoms with van der Waals surface area (Å²) < 4.78 is 37.5. The van der Waals surface area contributed by atoms with E-state index in [1.54, 1.807) is 12.1 Å². The summed E-state index contributed by atoms with van der Waals surface area (Å²) in [4.78, 5) is 4.26. The normalized spacial score (nSPS) is 11.4. The van der Waals surface area contributed by atoms with Gasteiger partial charge in [-0.3, -0.25) is 0 Å². The van der Waals surface area contributed by atoms with Crippen molar-refractivity contribution in [3.63, 3.8) is 0 Å². The molecule has 0 unspecified atom stereocenters. The molecule has 0 aliphatic rings. The fourth-order valence-electron chi connectivity index (χ4n) is 1.71. The van der Waals surface area contributed by atoms with Gasteiger partial charge in [-0.2, -0.15) is 0 Å². The molecule has 0 atom stereocenters. The highest BCUT2D eigenvalue weighted by Crippen LogP contribution is 2.28. The molecule has 0 amide bonds. The number of aromatic nitrogens is 1. The number of aryl methyl sites for hydroxylation is 1. The van der Waals surface area contributed by atoms with E-state index in [0.29, 0.717) is 10.8 Å². The van der Waals surface area contributed by atoms with Gasteiger partial charge in [0, 0.05) is 17.1 Å². The molecule has 1 heterocycles. The van der Waals surface area contributed by atoms with Crippen LogP contribution in [0, 0.1) is 6.92 Å². The van der Waals surface area contributed by atoms with Crippen LogP contribution >= 0.6 is 11.3 Å². The van der Waals surface area contributed by atoms with Crippen molar-refractivity contribution in [2.45, 2.75) is 18.4 Å². The fourth-order valence-corrected chi connectivity index (χ4v) is 3.69. The zero-order chi connectivity index (χ0) is 15.5. The van der Waals surface area contributed by atoms with Crippen LogP contribution in [0.2, 0.25) is 0 Å². The summed E-state index contributed by atoms with van der Waals surface area (Å²) in [5, 5.41) is 2.58. The maximum absolute atomic E-state index is 12.4. The van der Waals surface area contributed by atoms with Gasteiger partial charge in [0.25, 0.3) is 0 Å². The molecule has 0 saturated heterocycles. The number of benzene rings is 1. The van der Waals surface area contributed by atoms with Gasteiger partial charge in [-0.05, 0) is 19.1 Å². The second-order valence-electron chi connectivity index (χ2n) is 4.22. The van der Waals surface area contributed by atoms with Crippen molar-refractivity contribution >= 4 is 21.4 Å². The van der Waals surface area contributed by atoms with E-state index in [1.165, 1.54) is 31.6 Å². The van der Waals surface area contributed by atoms with Gasteiger partial charge < -0.3 is 9.47 Å². The molecule has 8 heteroatoms. The SMILES string of the molecule is COc1ccc(OC)c(S(=O)(=O)NCc2nc(C)cs2)c1. The van der Waals surface area contributed by atoms with Crippen molar-refractivity contribution < 1.29 is 17.9 Å². The Kier molecular flexibility index (Phi) is 4.81. The first-order valence-electron chi connectivity index (χ1n) is 6.09. The molecule has 0 aliphatic heterocycles. The number of ether oxygens (including phenoxy) is 2. The lowest BCUT2D eigenvalue weighted by Gasteiger charge is -2.11. The Morgan fingerprint density at radius 3 is 2.62 bits per heavy atom. The molecule has 1 aromatic heterocycles. The number of nitrogens with one attached hydrogen (secondary N) is 1. The average Bonchev–Trinajstić information content (AvgIpc) is 2.90. The van der Waals surface area contributed by atoms with Gasteiger partial charge in [0.1, 0.15) is 21.4 Å². The predicted molar refractivity (Wildman–Crippen MR) is 80.4 cm³/mol. The molecule has 0 bridgehead atoms. The third-order valence-electron chi connectivity index (χ3n) is 2.74. The number of methoxy groups -OCH3 is 2. The van der Waals surface area contributed by atoms with Crippen LogP contribution in [0.4, 0.5) is 0 Å². The molecule has 0 fully saturated rings. The van der Waals surface area contributed by atoms with Gasteiger partial charge in [-0.25, -0.2) is 18.1 Å². The second kappa shape index (κ2) is 6.42. The van der Waals surface area contributed by atoms with E-state index < -0.39 is 10.0 Å². The van der Waals surface area contributed by atoms with Crippen LogP contribution in [0.1, 0.15) is 10.7 Å². The zero-order valence-electron chi connectivity index (χ0n) is 11.9. The number of thiazole rings is 1. The lowest BCUT2D eigenvalue weighted by molar-refractivity contribution is 0.392. The molecule has 0 spiro atoms. The van der Waals surface area contributed by atoms with Crippen molar-refractivity contribution in [3.8, 4) is 11.5 Å². The monoisotopic (exact) mass is 328 g/mol. The summed E-state index contributed by atoms with van der Waals surface area (Å²) in [6.45, 7) is 2.00. The molecular weight excluding hydrogens is 312 g/mol. The Morgan fingerprint density at radius 2 is 2.05 bits per heavy atom. The molecule has 0 saturated carbocycles. The first-order valence-corrected chi connectivity index (χ1v) is 8.45. The lowest BCUT2D eigenvalue weighted by Crippen LogP contribution is -2.23. The van der Waals surface area contributed by atoms with Crippen molar-refractivity contribution in [1.29, 1.82) is 0 Å². The minimum absolute atomic E-state index is 0.0395. The number of rotatable bonds is 6. The average molecular weight is 328 g/mol. The highest BCUT2D eigenvalue weighted by molar-refractivity contribution is 7.89. The van der Waals surface area contributed by atoms with E-state index in [-0.39, 0.29) is 17.2 Å². The molecule has 6 nitrogen and oxygen atoms in total. The van der Waals surface area contributed by atoms with E-state index in [1.807, 2.05) is 12.3 Å². The summed E-state index contributed by atoms with van der Waals surface area (Å²) in [5.74, 6) is 0.708. The van der Waals surface area contributed by atoms with Crippen molar-refractivity contribution in [2.24, 2.45) is 0 Å². The molecular formula is C13H16N2O4S2. The van der Waals surface area contributed by atoms with Crippen LogP contribution in [0.15, 0.2) is 28.5 Å². The summed E-state index contributed by atoms with van der Waals surface area (Å²) in [7, 11) is -0.815. The van der Waals surface area contributed by atoms with Gasteiger partial charge in [0.05, 0.1) is 20.8 Å². The largest absolute Gasteiger partial charge is 0.497 e. The predicted octanol–water partition coefficient (Wildman–Crippen LogP) is 1.95. The second-order valence-corrected chi connectivity index (χ2v) is 6.90. The van der Waals surface area contributed by atoms with Crippen LogP contribution in [0.25, 0.3) is 0 Å². The highest BCUT2D eigenvalue weighted by atomic mass is 32.2. The summed E-state index contributed by atoms with van der Waals surface area (Å²) in [6, 6.07) is 4.62. The van der Waals surface area contributed by atoms with Gasteiger partial charge in [-0.1, -0.05) is 0 Å². The Bertz CT molecular complexity index is 726. The van der Waals surface area contributed by atoms with E-state index >= 15 is 0 Å². The van der Waals surface area contributed by atoms with Crippen LogP contribution < -0.4 is 14.2 Å². The Morgan fingerprint density at radius 1 is 1.29 bits per heavy atom. The van der Waals surface area contributed by atoms with Gasteiger partial charge in [0.2, 0.25) is 10.0 Å². The molecule has 0 radical (unpaired) electrons. The van der Waals surface area contributed by atoms with E-state index in [4.69, 9.17) is 9.47 Å². The number of hydrogen-bond donors (Lipinski definition) is 1. The fraction of sp³-hybridized carbons (Fsp3) is 0.308. The summed E-state index contributed by atoms with van der Waals surface area (Å²) in [5.41, 5.74) is 0.869. The number of sulfonamides is 1. The number of hydrogen-bond acceptors (Lipinski definition) is 6. The molecule has 21 heavy (non-hydrogen) atoms. The minimum Gasteiger partial charge on any atom is -0.497 e. The molecule has 1 N–H and O–H groups in total. The Labute approximate surface area is 127 Å². The van der Waals surface area contributed by atoms with Crippen molar-refractivity contribution in [1.82, 2.24) is 9.71 Å². The zero-order valence-corrected chi connectivity index (χ0v) is 13.5. The first-order chi connectivity index (χ1) is 9.96. The molecule has 2 rings (SSSR count). The van der Waals surface area contributed by atoms with Crippen LogP contribution in [-0.4, -0.2) is 27.6 Å². The Hall–Kier alpha value is -1.64. The smallest absolute Gasteiger partial charge is 0.244 e.